The van der Waals surface area contributed by atoms with Crippen LogP contribution in [-0.2, 0) is 0 Å². The molecule has 0 aromatic heterocycles. The molecule has 2 aliphatic rings. The van der Waals surface area contributed by atoms with E-state index in [0.717, 1.165) is 25.9 Å². The second-order valence-electron chi connectivity index (χ2n) is 6.30. The highest BCUT2D eigenvalue weighted by molar-refractivity contribution is 5.73. The first kappa shape index (κ1) is 16.3. The van der Waals surface area contributed by atoms with Crippen molar-refractivity contribution in [3.8, 4) is 0 Å². The van der Waals surface area contributed by atoms with E-state index in [0.29, 0.717) is 0 Å². The van der Waals surface area contributed by atoms with E-state index in [-0.39, 0.29) is 6.03 Å². The molecule has 2 N–H and O–H groups in total. The molecule has 2 rings (SSSR count). The molecule has 0 radical (unpaired) electrons. The molecule has 0 bridgehead atoms. The summed E-state index contributed by atoms with van der Waals surface area (Å²) in [5.74, 6) is 0. The number of urea groups is 1. The molecule has 1 aliphatic carbocycles. The van der Waals surface area contributed by atoms with Crippen LogP contribution in [0.25, 0.3) is 0 Å². The number of rotatable bonds is 8. The number of hydrogen-bond donors (Lipinski definition) is 2. The van der Waals surface area contributed by atoms with Gasteiger partial charge < -0.3 is 15.5 Å². The molecular formula is C17H31N3O. The molecule has 4 nitrogen and oxygen atoms in total. The fourth-order valence-corrected chi connectivity index (χ4v) is 3.20. The van der Waals surface area contributed by atoms with E-state index in [2.05, 4.69) is 21.6 Å². The summed E-state index contributed by atoms with van der Waals surface area (Å²) in [7, 11) is 0. The van der Waals surface area contributed by atoms with Gasteiger partial charge in [0.15, 0.2) is 0 Å². The number of hydrogen-bond acceptors (Lipinski definition) is 2. The monoisotopic (exact) mass is 293 g/mol. The van der Waals surface area contributed by atoms with Crippen LogP contribution >= 0.6 is 0 Å². The largest absolute Gasteiger partial charge is 0.338 e. The van der Waals surface area contributed by atoms with Crippen molar-refractivity contribution < 1.29 is 4.79 Å². The Balaban J connectivity index is 1.41. The Kier molecular flexibility index (Phi) is 7.65. The van der Waals surface area contributed by atoms with Crippen LogP contribution in [0.2, 0.25) is 0 Å². The van der Waals surface area contributed by atoms with Crippen molar-refractivity contribution in [2.75, 3.05) is 32.7 Å². The third-order valence-electron chi connectivity index (χ3n) is 4.50. The molecule has 1 fully saturated rings. The first-order valence-corrected chi connectivity index (χ1v) is 8.76. The van der Waals surface area contributed by atoms with Crippen molar-refractivity contribution >= 4 is 6.03 Å². The average molecular weight is 293 g/mol. The average Bonchev–Trinajstić information content (AvgIpc) is 3.01. The van der Waals surface area contributed by atoms with Crippen LogP contribution in [-0.4, -0.2) is 43.7 Å². The lowest BCUT2D eigenvalue weighted by molar-refractivity contribution is 0.240. The van der Waals surface area contributed by atoms with Gasteiger partial charge in [0.05, 0.1) is 0 Å². The highest BCUT2D eigenvalue weighted by Gasteiger charge is 2.10. The molecule has 4 heteroatoms. The molecule has 120 valence electrons. The van der Waals surface area contributed by atoms with Crippen molar-refractivity contribution in [3.63, 3.8) is 0 Å². The molecular weight excluding hydrogens is 262 g/mol. The second kappa shape index (κ2) is 9.82. The molecule has 1 aliphatic heterocycles. The molecule has 0 saturated carbocycles. The smallest absolute Gasteiger partial charge is 0.314 e. The molecule has 0 atom stereocenters. The Bertz CT molecular complexity index is 335. The van der Waals surface area contributed by atoms with E-state index < -0.39 is 0 Å². The number of unbranched alkanes of at least 4 members (excludes halogenated alkanes) is 1. The number of allylic oxidation sites excluding steroid dienone is 1. The minimum absolute atomic E-state index is 0.00687. The molecule has 1 saturated heterocycles. The van der Waals surface area contributed by atoms with Crippen molar-refractivity contribution in [1.82, 2.24) is 15.5 Å². The van der Waals surface area contributed by atoms with Crippen molar-refractivity contribution in [3.05, 3.63) is 11.6 Å². The number of likely N-dealkylation sites (tertiary alicyclic amines) is 1. The lowest BCUT2D eigenvalue weighted by Gasteiger charge is -2.14. The Hall–Kier alpha value is -1.03. The maximum absolute atomic E-state index is 11.7. The van der Waals surface area contributed by atoms with Crippen LogP contribution in [0.4, 0.5) is 4.79 Å². The second-order valence-corrected chi connectivity index (χ2v) is 6.30. The normalized spacial score (nSPS) is 19.3. The van der Waals surface area contributed by atoms with Gasteiger partial charge >= 0.3 is 6.03 Å². The summed E-state index contributed by atoms with van der Waals surface area (Å²) in [5.41, 5.74) is 1.52. The van der Waals surface area contributed by atoms with Crippen LogP contribution < -0.4 is 10.6 Å². The van der Waals surface area contributed by atoms with Gasteiger partial charge in [0, 0.05) is 13.1 Å². The number of carbonyl (C=O) groups is 1. The van der Waals surface area contributed by atoms with Gasteiger partial charge in [-0.3, -0.25) is 0 Å². The highest BCUT2D eigenvalue weighted by Crippen LogP contribution is 2.19. The van der Waals surface area contributed by atoms with Gasteiger partial charge in [-0.05, 0) is 77.4 Å². The molecule has 2 amide bonds. The fourth-order valence-electron chi connectivity index (χ4n) is 3.20. The first-order valence-electron chi connectivity index (χ1n) is 8.76. The van der Waals surface area contributed by atoms with Crippen LogP contribution in [0.15, 0.2) is 11.6 Å². The zero-order valence-electron chi connectivity index (χ0n) is 13.3. The van der Waals surface area contributed by atoms with Gasteiger partial charge in [-0.25, -0.2) is 4.79 Å². The third-order valence-corrected chi connectivity index (χ3v) is 4.50. The van der Waals surface area contributed by atoms with E-state index in [4.69, 9.17) is 0 Å². The summed E-state index contributed by atoms with van der Waals surface area (Å²) in [6.07, 6.45) is 13.4. The molecule has 1 heterocycles. The fraction of sp³-hybridized carbons (Fsp3) is 0.824. The number of nitrogens with one attached hydrogen (secondary N) is 2. The molecule has 21 heavy (non-hydrogen) atoms. The van der Waals surface area contributed by atoms with Crippen molar-refractivity contribution in [2.24, 2.45) is 0 Å². The van der Waals surface area contributed by atoms with Crippen molar-refractivity contribution in [1.29, 1.82) is 0 Å². The summed E-state index contributed by atoms with van der Waals surface area (Å²) in [4.78, 5) is 14.2. The van der Waals surface area contributed by atoms with E-state index >= 15 is 0 Å². The summed E-state index contributed by atoms with van der Waals surface area (Å²) >= 11 is 0. The Morgan fingerprint density at radius 2 is 1.86 bits per heavy atom. The van der Waals surface area contributed by atoms with Crippen molar-refractivity contribution in [2.45, 2.75) is 57.8 Å². The quantitative estimate of drug-likeness (QED) is 0.533. The highest BCUT2D eigenvalue weighted by atomic mass is 16.2. The third kappa shape index (κ3) is 6.98. The van der Waals surface area contributed by atoms with E-state index in [9.17, 15) is 4.79 Å². The predicted molar refractivity (Wildman–Crippen MR) is 87.5 cm³/mol. The van der Waals surface area contributed by atoms with Crippen LogP contribution in [0.1, 0.15) is 57.8 Å². The number of amides is 2. The lowest BCUT2D eigenvalue weighted by Crippen LogP contribution is -2.36. The maximum atomic E-state index is 11.7. The number of carbonyl (C=O) groups excluding carboxylic acids is 1. The summed E-state index contributed by atoms with van der Waals surface area (Å²) < 4.78 is 0. The zero-order chi connectivity index (χ0) is 14.8. The first-order chi connectivity index (χ1) is 10.3. The van der Waals surface area contributed by atoms with Crippen LogP contribution in [0.5, 0.6) is 0 Å². The summed E-state index contributed by atoms with van der Waals surface area (Å²) in [6.45, 7) is 5.29. The van der Waals surface area contributed by atoms with Gasteiger partial charge in [0.2, 0.25) is 0 Å². The topological polar surface area (TPSA) is 44.4 Å². The summed E-state index contributed by atoms with van der Waals surface area (Å²) in [5, 5.41) is 5.92. The molecule has 0 aromatic rings. The van der Waals surface area contributed by atoms with Gasteiger partial charge in [-0.1, -0.05) is 11.6 Å². The molecule has 0 unspecified atom stereocenters. The number of nitrogens with zero attached hydrogens (tertiary/aromatic N) is 1. The Morgan fingerprint density at radius 3 is 2.62 bits per heavy atom. The predicted octanol–water partition coefficient (Wildman–Crippen LogP) is 3.05. The van der Waals surface area contributed by atoms with E-state index in [1.807, 2.05) is 0 Å². The molecule has 0 spiro atoms. The minimum atomic E-state index is -0.00687. The lowest BCUT2D eigenvalue weighted by atomic mass is 9.97. The standard InChI is InChI=1S/C17H31N3O/c21-17(19-12-10-16-8-2-1-3-9-16)18-11-4-5-13-20-14-6-7-15-20/h8H,1-7,9-15H2,(H2,18,19,21). The summed E-state index contributed by atoms with van der Waals surface area (Å²) in [6, 6.07) is -0.00687. The Labute approximate surface area is 129 Å². The van der Waals surface area contributed by atoms with Crippen LogP contribution in [0.3, 0.4) is 0 Å². The molecule has 0 aromatic carbocycles. The Morgan fingerprint density at radius 1 is 1.05 bits per heavy atom. The van der Waals surface area contributed by atoms with Gasteiger partial charge in [-0.15, -0.1) is 0 Å². The minimum Gasteiger partial charge on any atom is -0.338 e. The maximum Gasteiger partial charge on any atom is 0.314 e. The van der Waals surface area contributed by atoms with E-state index in [1.165, 1.54) is 70.2 Å². The zero-order valence-corrected chi connectivity index (χ0v) is 13.3. The van der Waals surface area contributed by atoms with E-state index in [1.54, 1.807) is 0 Å². The van der Waals surface area contributed by atoms with Gasteiger partial charge in [-0.2, -0.15) is 0 Å². The van der Waals surface area contributed by atoms with Gasteiger partial charge in [0.25, 0.3) is 0 Å². The SMILES string of the molecule is O=C(NCCCCN1CCCC1)NCCC1=CCCCC1. The van der Waals surface area contributed by atoms with Crippen LogP contribution in [0, 0.1) is 0 Å². The van der Waals surface area contributed by atoms with Gasteiger partial charge in [0.1, 0.15) is 0 Å².